The van der Waals surface area contributed by atoms with Crippen molar-refractivity contribution in [1.82, 2.24) is 0 Å². The normalized spacial score (nSPS) is 10.2. The van der Waals surface area contributed by atoms with Crippen molar-refractivity contribution in [3.63, 3.8) is 0 Å². The van der Waals surface area contributed by atoms with Crippen LogP contribution in [0.15, 0.2) is 29.2 Å². The van der Waals surface area contributed by atoms with Gasteiger partial charge in [-0.2, -0.15) is 0 Å². The molecule has 82 valence electrons. The van der Waals surface area contributed by atoms with Crippen molar-refractivity contribution >= 4 is 17.7 Å². The zero-order chi connectivity index (χ0) is 11.1. The summed E-state index contributed by atoms with van der Waals surface area (Å²) >= 11 is 1.72. The molecule has 2 nitrogen and oxygen atoms in total. The average Bonchev–Trinajstić information content (AvgIpc) is 2.25. The molecule has 15 heavy (non-hydrogen) atoms. The minimum absolute atomic E-state index is 0.264. The third kappa shape index (κ3) is 4.88. The van der Waals surface area contributed by atoms with E-state index in [-0.39, 0.29) is 6.42 Å². The molecule has 0 radical (unpaired) electrons. The standard InChI is InChI=1S/C12H16O2S/c1-2-10-5-7-11(8-6-10)15-9-3-4-12(13)14/h5-8H,2-4,9H2,1H3,(H,13,14). The SMILES string of the molecule is CCc1ccc(SCCCC(=O)O)cc1. The molecule has 0 aliphatic carbocycles. The maximum atomic E-state index is 10.3. The molecule has 0 saturated heterocycles. The lowest BCUT2D eigenvalue weighted by atomic mass is 10.2. The number of carboxylic acids is 1. The fourth-order valence-corrected chi connectivity index (χ4v) is 2.09. The Morgan fingerprint density at radius 2 is 2.00 bits per heavy atom. The van der Waals surface area contributed by atoms with E-state index in [4.69, 9.17) is 5.11 Å². The Balaban J connectivity index is 2.28. The Morgan fingerprint density at radius 1 is 1.33 bits per heavy atom. The van der Waals surface area contributed by atoms with Crippen molar-refractivity contribution in [2.75, 3.05) is 5.75 Å². The zero-order valence-electron chi connectivity index (χ0n) is 8.90. The average molecular weight is 224 g/mol. The summed E-state index contributed by atoms with van der Waals surface area (Å²) in [6, 6.07) is 8.45. The number of thioether (sulfide) groups is 1. The van der Waals surface area contributed by atoms with Gasteiger partial charge in [-0.05, 0) is 36.3 Å². The Morgan fingerprint density at radius 3 is 2.53 bits per heavy atom. The van der Waals surface area contributed by atoms with E-state index in [2.05, 4.69) is 31.2 Å². The fourth-order valence-electron chi connectivity index (χ4n) is 1.23. The highest BCUT2D eigenvalue weighted by molar-refractivity contribution is 7.99. The first kappa shape index (κ1) is 12.1. The van der Waals surface area contributed by atoms with Gasteiger partial charge in [0, 0.05) is 11.3 Å². The number of carbonyl (C=O) groups is 1. The summed E-state index contributed by atoms with van der Waals surface area (Å²) in [6.45, 7) is 2.13. The Labute approximate surface area is 94.7 Å². The molecule has 0 amide bonds. The summed E-state index contributed by atoms with van der Waals surface area (Å²) in [5, 5.41) is 8.47. The molecule has 0 aromatic heterocycles. The van der Waals surface area contributed by atoms with Crippen LogP contribution in [-0.4, -0.2) is 16.8 Å². The highest BCUT2D eigenvalue weighted by Crippen LogP contribution is 2.19. The van der Waals surface area contributed by atoms with E-state index in [9.17, 15) is 4.79 Å². The van der Waals surface area contributed by atoms with Crippen LogP contribution >= 0.6 is 11.8 Å². The van der Waals surface area contributed by atoms with E-state index < -0.39 is 5.97 Å². The van der Waals surface area contributed by atoms with Gasteiger partial charge < -0.3 is 5.11 Å². The van der Waals surface area contributed by atoms with Crippen LogP contribution in [0.4, 0.5) is 0 Å². The van der Waals surface area contributed by atoms with E-state index >= 15 is 0 Å². The molecule has 0 spiro atoms. The maximum Gasteiger partial charge on any atom is 0.303 e. The second-order valence-corrected chi connectivity index (χ2v) is 4.51. The summed E-state index contributed by atoms with van der Waals surface area (Å²) in [7, 11) is 0. The van der Waals surface area contributed by atoms with Gasteiger partial charge in [-0.25, -0.2) is 0 Å². The maximum absolute atomic E-state index is 10.3. The molecule has 0 atom stereocenters. The first-order chi connectivity index (χ1) is 7.22. The van der Waals surface area contributed by atoms with Crippen molar-refractivity contribution in [3.8, 4) is 0 Å². The van der Waals surface area contributed by atoms with Crippen LogP contribution in [0.2, 0.25) is 0 Å². The van der Waals surface area contributed by atoms with Gasteiger partial charge in [0.15, 0.2) is 0 Å². The molecule has 0 aliphatic heterocycles. The Bertz CT molecular complexity index is 306. The van der Waals surface area contributed by atoms with E-state index in [1.54, 1.807) is 11.8 Å². The van der Waals surface area contributed by atoms with Crippen molar-refractivity contribution in [2.24, 2.45) is 0 Å². The van der Waals surface area contributed by atoms with Crippen LogP contribution in [0.5, 0.6) is 0 Å². The summed E-state index contributed by atoms with van der Waals surface area (Å²) in [5.41, 5.74) is 1.34. The molecule has 0 heterocycles. The van der Waals surface area contributed by atoms with Gasteiger partial charge in [0.2, 0.25) is 0 Å². The van der Waals surface area contributed by atoms with Crippen LogP contribution in [0.3, 0.4) is 0 Å². The van der Waals surface area contributed by atoms with Crippen LogP contribution in [-0.2, 0) is 11.2 Å². The lowest BCUT2D eigenvalue weighted by molar-refractivity contribution is -0.137. The highest BCUT2D eigenvalue weighted by atomic mass is 32.2. The molecule has 1 aromatic rings. The first-order valence-electron chi connectivity index (χ1n) is 5.16. The minimum atomic E-state index is -0.711. The van der Waals surface area contributed by atoms with E-state index in [1.165, 1.54) is 10.5 Å². The van der Waals surface area contributed by atoms with Gasteiger partial charge in [0.25, 0.3) is 0 Å². The number of rotatable bonds is 6. The Kier molecular flexibility index (Phi) is 5.26. The number of aryl methyl sites for hydroxylation is 1. The number of hydrogen-bond donors (Lipinski definition) is 1. The van der Waals surface area contributed by atoms with Gasteiger partial charge >= 0.3 is 5.97 Å². The number of hydrogen-bond acceptors (Lipinski definition) is 2. The van der Waals surface area contributed by atoms with Gasteiger partial charge in [-0.15, -0.1) is 11.8 Å². The van der Waals surface area contributed by atoms with Crippen molar-refractivity contribution in [1.29, 1.82) is 0 Å². The van der Waals surface area contributed by atoms with Crippen LogP contribution in [0.25, 0.3) is 0 Å². The summed E-state index contributed by atoms with van der Waals surface area (Å²) in [6.07, 6.45) is 2.06. The van der Waals surface area contributed by atoms with E-state index in [0.717, 1.165) is 18.6 Å². The lowest BCUT2D eigenvalue weighted by Crippen LogP contribution is -1.94. The smallest absolute Gasteiger partial charge is 0.303 e. The predicted molar refractivity (Wildman–Crippen MR) is 63.4 cm³/mol. The second-order valence-electron chi connectivity index (χ2n) is 3.34. The lowest BCUT2D eigenvalue weighted by Gasteiger charge is -2.01. The molecule has 1 N–H and O–H groups in total. The third-order valence-electron chi connectivity index (χ3n) is 2.14. The van der Waals surface area contributed by atoms with Crippen molar-refractivity contribution in [2.45, 2.75) is 31.1 Å². The molecule has 1 rings (SSSR count). The molecule has 0 fully saturated rings. The summed E-state index contributed by atoms with van der Waals surface area (Å²) in [4.78, 5) is 11.5. The zero-order valence-corrected chi connectivity index (χ0v) is 9.72. The van der Waals surface area contributed by atoms with Gasteiger partial charge in [-0.3, -0.25) is 4.79 Å². The summed E-state index contributed by atoms with van der Waals surface area (Å²) in [5.74, 6) is 0.162. The molecule has 0 saturated carbocycles. The molecule has 0 unspecified atom stereocenters. The van der Waals surface area contributed by atoms with E-state index in [0.29, 0.717) is 0 Å². The Hall–Kier alpha value is -0.960. The topological polar surface area (TPSA) is 37.3 Å². The number of aliphatic carboxylic acids is 1. The first-order valence-corrected chi connectivity index (χ1v) is 6.14. The molecule has 1 aromatic carbocycles. The predicted octanol–water partition coefficient (Wildman–Crippen LogP) is 3.21. The molecular weight excluding hydrogens is 208 g/mol. The largest absolute Gasteiger partial charge is 0.481 e. The van der Waals surface area contributed by atoms with Crippen molar-refractivity contribution < 1.29 is 9.90 Å². The number of benzene rings is 1. The van der Waals surface area contributed by atoms with Crippen LogP contribution < -0.4 is 0 Å². The van der Waals surface area contributed by atoms with Crippen LogP contribution in [0, 0.1) is 0 Å². The van der Waals surface area contributed by atoms with E-state index in [1.807, 2.05) is 0 Å². The second kappa shape index (κ2) is 6.51. The highest BCUT2D eigenvalue weighted by Gasteiger charge is 1.98. The quantitative estimate of drug-likeness (QED) is 0.595. The molecule has 0 bridgehead atoms. The number of carboxylic acid groups (broad SMARTS) is 1. The molecule has 3 heteroatoms. The van der Waals surface area contributed by atoms with Gasteiger partial charge in [0.05, 0.1) is 0 Å². The van der Waals surface area contributed by atoms with Crippen LogP contribution in [0.1, 0.15) is 25.3 Å². The molecular formula is C12H16O2S. The molecule has 0 aliphatic rings. The third-order valence-corrected chi connectivity index (χ3v) is 3.23. The van der Waals surface area contributed by atoms with Gasteiger partial charge in [0.1, 0.15) is 0 Å². The van der Waals surface area contributed by atoms with Crippen molar-refractivity contribution in [3.05, 3.63) is 29.8 Å². The monoisotopic (exact) mass is 224 g/mol. The summed E-state index contributed by atoms with van der Waals surface area (Å²) < 4.78 is 0. The fraction of sp³-hybridized carbons (Fsp3) is 0.417. The minimum Gasteiger partial charge on any atom is -0.481 e. The van der Waals surface area contributed by atoms with Gasteiger partial charge in [-0.1, -0.05) is 19.1 Å².